The van der Waals surface area contributed by atoms with Gasteiger partial charge in [-0.1, -0.05) is 133 Å². The van der Waals surface area contributed by atoms with E-state index in [1.165, 1.54) is 11.1 Å². The van der Waals surface area contributed by atoms with E-state index in [1.54, 1.807) is 24.8 Å². The molecule has 0 fully saturated rings. The van der Waals surface area contributed by atoms with Gasteiger partial charge in [0.05, 0.1) is 33.5 Å². The van der Waals surface area contributed by atoms with E-state index in [0.29, 0.717) is 17.8 Å². The molecule has 0 saturated heterocycles. The highest BCUT2D eigenvalue weighted by molar-refractivity contribution is 6.25. The first-order valence-corrected chi connectivity index (χ1v) is 20.4. The van der Waals surface area contributed by atoms with Crippen molar-refractivity contribution in [3.63, 3.8) is 0 Å². The Hall–Kier alpha value is -8.30. The van der Waals surface area contributed by atoms with E-state index < -0.39 is 0 Å². The van der Waals surface area contributed by atoms with Gasteiger partial charge in [-0.2, -0.15) is 0 Å². The zero-order chi connectivity index (χ0) is 40.3. The largest absolute Gasteiger partial charge is 0.274 e. The summed E-state index contributed by atoms with van der Waals surface area (Å²) in [5.41, 5.74) is 14.0. The molecule has 9 heteroatoms. The Bertz CT molecular complexity index is 3360. The van der Waals surface area contributed by atoms with Crippen molar-refractivity contribution in [3.8, 4) is 51.5 Å². The van der Waals surface area contributed by atoms with Crippen molar-refractivity contribution >= 4 is 49.4 Å². The third kappa shape index (κ3) is 5.70. The normalized spacial score (nSPS) is 12.8. The minimum atomic E-state index is 0.539. The van der Waals surface area contributed by atoms with E-state index in [4.69, 9.17) is 29.9 Å². The minimum absolute atomic E-state index is 0.539. The summed E-state index contributed by atoms with van der Waals surface area (Å²) in [6.45, 7) is 0. The number of benzene rings is 5. The fraction of sp³-hybridized carbons (Fsp3) is 0.0385. The topological polar surface area (TPSA) is 92.1 Å². The van der Waals surface area contributed by atoms with Gasteiger partial charge in [0.2, 0.25) is 17.8 Å². The molecule has 6 heterocycles. The van der Waals surface area contributed by atoms with E-state index >= 15 is 0 Å². The highest BCUT2D eigenvalue weighted by atomic mass is 15.2. The van der Waals surface area contributed by atoms with Gasteiger partial charge in [-0.3, -0.25) is 13.7 Å². The van der Waals surface area contributed by atoms with Crippen molar-refractivity contribution in [2.75, 3.05) is 0 Å². The van der Waals surface area contributed by atoms with Gasteiger partial charge in [0, 0.05) is 46.7 Å². The average molecular weight is 786 g/mol. The van der Waals surface area contributed by atoms with Crippen LogP contribution in [0.1, 0.15) is 18.4 Å². The molecule has 1 aliphatic carbocycles. The van der Waals surface area contributed by atoms with Gasteiger partial charge in [0.25, 0.3) is 0 Å². The van der Waals surface area contributed by atoms with Crippen LogP contribution in [0, 0.1) is 0 Å². The third-order valence-electron chi connectivity index (χ3n) is 11.6. The highest BCUT2D eigenvalue weighted by Gasteiger charge is 2.30. The molecule has 0 saturated carbocycles. The Morgan fingerprint density at radius 3 is 1.39 bits per heavy atom. The fourth-order valence-corrected chi connectivity index (χ4v) is 8.87. The maximum atomic E-state index is 5.50. The Labute approximate surface area is 350 Å². The van der Waals surface area contributed by atoms with Crippen LogP contribution in [0.3, 0.4) is 0 Å². The quantitative estimate of drug-likeness (QED) is 0.160. The first-order valence-electron chi connectivity index (χ1n) is 20.4. The summed E-state index contributed by atoms with van der Waals surface area (Å²) in [6.07, 6.45) is 15.8. The van der Waals surface area contributed by atoms with Crippen LogP contribution in [0.15, 0.2) is 189 Å². The lowest BCUT2D eigenvalue weighted by molar-refractivity contribution is 0.973. The number of hydrogen-bond acceptors (Lipinski definition) is 6. The molecular weight excluding hydrogens is 751 g/mol. The highest BCUT2D eigenvalue weighted by Crippen LogP contribution is 2.45. The molecular formula is C52H35N9. The molecule has 12 rings (SSSR count). The zero-order valence-corrected chi connectivity index (χ0v) is 32.8. The van der Waals surface area contributed by atoms with Crippen LogP contribution in [-0.4, -0.2) is 43.6 Å². The van der Waals surface area contributed by atoms with Crippen LogP contribution in [0.4, 0.5) is 0 Å². The molecule has 288 valence electrons. The van der Waals surface area contributed by atoms with Gasteiger partial charge < -0.3 is 0 Å². The smallest absolute Gasteiger partial charge is 0.235 e. The lowest BCUT2D eigenvalue weighted by atomic mass is 9.96. The molecule has 6 aromatic heterocycles. The molecule has 0 atom stereocenters. The Morgan fingerprint density at radius 2 is 0.869 bits per heavy atom. The second kappa shape index (κ2) is 14.2. The number of para-hydroxylation sites is 2. The Kier molecular flexibility index (Phi) is 8.09. The van der Waals surface area contributed by atoms with Crippen molar-refractivity contribution in [3.05, 3.63) is 194 Å². The van der Waals surface area contributed by atoms with Gasteiger partial charge in [-0.05, 0) is 65.4 Å². The average Bonchev–Trinajstić information content (AvgIpc) is 3.98. The summed E-state index contributed by atoms with van der Waals surface area (Å²) < 4.78 is 6.51. The predicted octanol–water partition coefficient (Wildman–Crippen LogP) is 11.8. The molecule has 0 unspecified atom stereocenters. The number of fused-ring (bicyclic) bond motifs is 7. The van der Waals surface area contributed by atoms with Gasteiger partial charge >= 0.3 is 0 Å². The summed E-state index contributed by atoms with van der Waals surface area (Å²) in [5, 5.41) is 2.01. The van der Waals surface area contributed by atoms with E-state index in [9.17, 15) is 0 Å². The Morgan fingerprint density at radius 1 is 0.393 bits per heavy atom. The number of allylic oxidation sites excluding steroid dienone is 4. The molecule has 5 aromatic carbocycles. The summed E-state index contributed by atoms with van der Waals surface area (Å²) in [6, 6.07) is 50.4. The van der Waals surface area contributed by atoms with Crippen LogP contribution in [-0.2, 0) is 0 Å². The first kappa shape index (κ1) is 34.7. The van der Waals surface area contributed by atoms with Crippen LogP contribution < -0.4 is 0 Å². The van der Waals surface area contributed by atoms with Gasteiger partial charge in [0.1, 0.15) is 11.0 Å². The molecule has 0 amide bonds. The lowest BCUT2D eigenvalue weighted by Gasteiger charge is -2.13. The standard InChI is InChI=1S/C52H35N9/c1-3-13-34(14-4-1)36-21-25-38(26-22-36)42-33-43(39-27-23-37(24-28-39)35-15-5-2-6-16-35)58-52(57-42)61-46-40-17-7-9-19-44(40)59(50-53-29-11-30-54-50)48(46)49-47(61)41-18-8-10-20-45(41)60(49)51-55-31-12-32-56-51/h1-5,7-15,17-33H,6,16H2. The van der Waals surface area contributed by atoms with Crippen molar-refractivity contribution in [2.24, 2.45) is 0 Å². The van der Waals surface area contributed by atoms with Gasteiger partial charge in [0.15, 0.2) is 0 Å². The van der Waals surface area contributed by atoms with E-state index in [-0.39, 0.29) is 0 Å². The summed E-state index contributed by atoms with van der Waals surface area (Å²) in [4.78, 5) is 30.2. The fourth-order valence-electron chi connectivity index (χ4n) is 8.87. The maximum Gasteiger partial charge on any atom is 0.235 e. The van der Waals surface area contributed by atoms with Crippen molar-refractivity contribution < 1.29 is 0 Å². The maximum absolute atomic E-state index is 5.50. The van der Waals surface area contributed by atoms with Crippen molar-refractivity contribution in [2.45, 2.75) is 12.8 Å². The van der Waals surface area contributed by atoms with Crippen LogP contribution in [0.5, 0.6) is 0 Å². The van der Waals surface area contributed by atoms with E-state index in [2.05, 4.69) is 159 Å². The van der Waals surface area contributed by atoms with E-state index in [1.807, 2.05) is 18.2 Å². The molecule has 1 aliphatic rings. The van der Waals surface area contributed by atoms with Crippen molar-refractivity contribution in [1.29, 1.82) is 0 Å². The number of hydrogen-bond donors (Lipinski definition) is 0. The second-order valence-corrected chi connectivity index (χ2v) is 15.2. The number of nitrogens with zero attached hydrogens (tertiary/aromatic N) is 9. The first-order chi connectivity index (χ1) is 30.3. The van der Waals surface area contributed by atoms with Crippen LogP contribution in [0.25, 0.3) is 101 Å². The molecule has 0 spiro atoms. The Balaban J connectivity index is 1.19. The van der Waals surface area contributed by atoms with E-state index in [0.717, 1.165) is 90.4 Å². The molecule has 9 nitrogen and oxygen atoms in total. The minimum Gasteiger partial charge on any atom is -0.274 e. The zero-order valence-electron chi connectivity index (χ0n) is 32.8. The third-order valence-corrected chi connectivity index (χ3v) is 11.6. The monoisotopic (exact) mass is 785 g/mol. The molecule has 0 aliphatic heterocycles. The lowest BCUT2D eigenvalue weighted by Crippen LogP contribution is -2.04. The molecule has 11 aromatic rings. The predicted molar refractivity (Wildman–Crippen MR) is 244 cm³/mol. The summed E-state index contributed by atoms with van der Waals surface area (Å²) in [5.74, 6) is 1.64. The molecule has 0 N–H and O–H groups in total. The summed E-state index contributed by atoms with van der Waals surface area (Å²) >= 11 is 0. The van der Waals surface area contributed by atoms with Crippen molar-refractivity contribution in [1.82, 2.24) is 43.6 Å². The SMILES string of the molecule is C1=CCCC(c2ccc(-c3cc(-c4ccc(-c5ccccc5)cc4)nc(-n4c5c6ccccc6n(-c6ncccn6)c5c5c4c4ccccc4n5-c4ncccn4)n3)cc2)=C1. The molecule has 0 bridgehead atoms. The number of rotatable bonds is 7. The van der Waals surface area contributed by atoms with Crippen LogP contribution >= 0.6 is 0 Å². The molecule has 0 radical (unpaired) electrons. The second-order valence-electron chi connectivity index (χ2n) is 15.2. The van der Waals surface area contributed by atoms with Crippen LogP contribution in [0.2, 0.25) is 0 Å². The van der Waals surface area contributed by atoms with Gasteiger partial charge in [-0.25, -0.2) is 29.9 Å². The number of aromatic nitrogens is 9. The summed E-state index contributed by atoms with van der Waals surface area (Å²) in [7, 11) is 0. The van der Waals surface area contributed by atoms with Gasteiger partial charge in [-0.15, -0.1) is 0 Å². The molecule has 61 heavy (non-hydrogen) atoms.